The van der Waals surface area contributed by atoms with E-state index < -0.39 is 0 Å². The van der Waals surface area contributed by atoms with Crippen molar-refractivity contribution in [2.75, 3.05) is 13.2 Å². The number of fused-ring (bicyclic) bond motifs is 1. The number of benzene rings is 4. The first-order valence-corrected chi connectivity index (χ1v) is 11.5. The Labute approximate surface area is 200 Å². The summed E-state index contributed by atoms with van der Waals surface area (Å²) in [5, 5.41) is 2.45. The van der Waals surface area contributed by atoms with Crippen LogP contribution in [-0.4, -0.2) is 19.2 Å². The van der Waals surface area contributed by atoms with Gasteiger partial charge in [0.15, 0.2) is 0 Å². The van der Waals surface area contributed by atoms with E-state index in [1.54, 1.807) is 13.0 Å². The van der Waals surface area contributed by atoms with Crippen LogP contribution in [0.3, 0.4) is 0 Å². The lowest BCUT2D eigenvalue weighted by molar-refractivity contribution is -0.137. The molecule has 0 amide bonds. The minimum atomic E-state index is -0.374. The van der Waals surface area contributed by atoms with Crippen LogP contribution in [0, 0.1) is 0 Å². The van der Waals surface area contributed by atoms with Crippen molar-refractivity contribution in [1.82, 2.24) is 0 Å². The molecular formula is C30H28O4. The summed E-state index contributed by atoms with van der Waals surface area (Å²) >= 11 is 0. The van der Waals surface area contributed by atoms with E-state index in [4.69, 9.17) is 14.2 Å². The van der Waals surface area contributed by atoms with Crippen LogP contribution >= 0.6 is 0 Å². The highest BCUT2D eigenvalue weighted by Crippen LogP contribution is 2.24. The van der Waals surface area contributed by atoms with Crippen molar-refractivity contribution < 1.29 is 19.0 Å². The molecule has 0 heterocycles. The fourth-order valence-corrected chi connectivity index (χ4v) is 3.64. The zero-order valence-corrected chi connectivity index (χ0v) is 19.3. The van der Waals surface area contributed by atoms with Crippen LogP contribution in [0.1, 0.15) is 23.6 Å². The monoisotopic (exact) mass is 452 g/mol. The minimum absolute atomic E-state index is 0.341. The first-order valence-electron chi connectivity index (χ1n) is 11.5. The SMILES string of the molecule is CCOC(=O)/C=C/c1ccc(COc2ccccc2)cc1OCCc1ccc2ccccc2c1. The van der Waals surface area contributed by atoms with Crippen molar-refractivity contribution in [1.29, 1.82) is 0 Å². The Kier molecular flexibility index (Phi) is 7.96. The molecule has 0 saturated heterocycles. The molecule has 0 aromatic heterocycles. The molecule has 34 heavy (non-hydrogen) atoms. The lowest BCUT2D eigenvalue weighted by Crippen LogP contribution is -2.04. The van der Waals surface area contributed by atoms with Gasteiger partial charge in [0.2, 0.25) is 0 Å². The first kappa shape index (κ1) is 23.1. The average molecular weight is 453 g/mol. The lowest BCUT2D eigenvalue weighted by atomic mass is 10.1. The Morgan fingerprint density at radius 1 is 0.794 bits per heavy atom. The molecule has 4 aromatic rings. The minimum Gasteiger partial charge on any atom is -0.493 e. The summed E-state index contributed by atoms with van der Waals surface area (Å²) < 4.78 is 17.1. The molecule has 0 unspecified atom stereocenters. The van der Waals surface area contributed by atoms with Crippen molar-refractivity contribution in [3.63, 3.8) is 0 Å². The molecule has 0 aliphatic rings. The van der Waals surface area contributed by atoms with Crippen LogP contribution in [-0.2, 0) is 22.6 Å². The molecule has 0 radical (unpaired) electrons. The fourth-order valence-electron chi connectivity index (χ4n) is 3.64. The molecule has 0 atom stereocenters. The largest absolute Gasteiger partial charge is 0.493 e. The van der Waals surface area contributed by atoms with E-state index in [0.29, 0.717) is 25.6 Å². The van der Waals surface area contributed by atoms with Crippen LogP contribution in [0.5, 0.6) is 11.5 Å². The summed E-state index contributed by atoms with van der Waals surface area (Å²) in [5.74, 6) is 1.14. The number of hydrogen-bond donors (Lipinski definition) is 0. The molecular weight excluding hydrogens is 424 g/mol. The predicted octanol–water partition coefficient (Wildman–Crippen LogP) is 6.62. The molecule has 4 rings (SSSR count). The average Bonchev–Trinajstić information content (AvgIpc) is 2.87. The number of rotatable bonds is 10. The summed E-state index contributed by atoms with van der Waals surface area (Å²) in [7, 11) is 0. The Balaban J connectivity index is 1.47. The maximum absolute atomic E-state index is 11.8. The van der Waals surface area contributed by atoms with E-state index in [1.165, 1.54) is 22.4 Å². The van der Waals surface area contributed by atoms with Gasteiger partial charge < -0.3 is 14.2 Å². The van der Waals surface area contributed by atoms with E-state index in [9.17, 15) is 4.79 Å². The van der Waals surface area contributed by atoms with E-state index in [2.05, 4.69) is 30.3 Å². The third kappa shape index (κ3) is 6.48. The Morgan fingerprint density at radius 2 is 1.56 bits per heavy atom. The van der Waals surface area contributed by atoms with Gasteiger partial charge in [0.1, 0.15) is 18.1 Å². The molecule has 0 aliphatic heterocycles. The Hall–Kier alpha value is -4.05. The van der Waals surface area contributed by atoms with E-state index in [-0.39, 0.29) is 5.97 Å². The zero-order chi connectivity index (χ0) is 23.6. The van der Waals surface area contributed by atoms with E-state index in [0.717, 1.165) is 23.3 Å². The summed E-state index contributed by atoms with van der Waals surface area (Å²) in [5.41, 5.74) is 3.01. The molecule has 0 fully saturated rings. The van der Waals surface area contributed by atoms with Gasteiger partial charge in [-0.15, -0.1) is 0 Å². The number of esters is 1. The van der Waals surface area contributed by atoms with Crippen molar-refractivity contribution in [2.24, 2.45) is 0 Å². The summed E-state index contributed by atoms with van der Waals surface area (Å²) in [6.07, 6.45) is 3.93. The third-order valence-corrected chi connectivity index (χ3v) is 5.37. The van der Waals surface area contributed by atoms with Crippen molar-refractivity contribution in [3.8, 4) is 11.5 Å². The molecule has 0 bridgehead atoms. The molecule has 4 aromatic carbocycles. The molecule has 4 nitrogen and oxygen atoms in total. The lowest BCUT2D eigenvalue weighted by Gasteiger charge is -2.13. The van der Waals surface area contributed by atoms with Gasteiger partial charge in [-0.1, -0.05) is 72.8 Å². The van der Waals surface area contributed by atoms with Gasteiger partial charge in [0.25, 0.3) is 0 Å². The highest BCUT2D eigenvalue weighted by atomic mass is 16.5. The summed E-state index contributed by atoms with van der Waals surface area (Å²) in [4.78, 5) is 11.8. The molecule has 172 valence electrons. The quantitative estimate of drug-likeness (QED) is 0.200. The van der Waals surface area contributed by atoms with Crippen LogP contribution < -0.4 is 9.47 Å². The zero-order valence-electron chi connectivity index (χ0n) is 19.3. The van der Waals surface area contributed by atoms with E-state index >= 15 is 0 Å². The smallest absolute Gasteiger partial charge is 0.330 e. The van der Waals surface area contributed by atoms with Gasteiger partial charge in [-0.3, -0.25) is 0 Å². The highest BCUT2D eigenvalue weighted by Gasteiger charge is 2.07. The number of carbonyl (C=O) groups is 1. The third-order valence-electron chi connectivity index (χ3n) is 5.37. The van der Waals surface area contributed by atoms with Gasteiger partial charge in [0, 0.05) is 18.1 Å². The standard InChI is InChI=1S/C30H28O4/c1-2-32-30(31)17-16-26-15-13-24(22-34-28-10-4-3-5-11-28)21-29(26)33-19-18-23-12-14-25-8-6-7-9-27(25)20-23/h3-17,20-21H,2,18-19,22H2,1H3/b17-16+. The van der Waals surface area contributed by atoms with Gasteiger partial charge >= 0.3 is 5.97 Å². The Morgan fingerprint density at radius 3 is 2.38 bits per heavy atom. The predicted molar refractivity (Wildman–Crippen MR) is 136 cm³/mol. The molecule has 0 spiro atoms. The topological polar surface area (TPSA) is 44.8 Å². The highest BCUT2D eigenvalue weighted by molar-refractivity contribution is 5.87. The molecule has 0 saturated carbocycles. The Bertz CT molecular complexity index is 1260. The number of ether oxygens (including phenoxy) is 3. The second-order valence-corrected chi connectivity index (χ2v) is 7.84. The maximum atomic E-state index is 11.8. The van der Waals surface area contributed by atoms with Crippen LogP contribution in [0.2, 0.25) is 0 Å². The normalized spacial score (nSPS) is 11.0. The van der Waals surface area contributed by atoms with Gasteiger partial charge in [-0.25, -0.2) is 4.79 Å². The first-order chi connectivity index (χ1) is 16.7. The number of hydrogen-bond acceptors (Lipinski definition) is 4. The molecule has 0 aliphatic carbocycles. The maximum Gasteiger partial charge on any atom is 0.330 e. The van der Waals surface area contributed by atoms with Gasteiger partial charge in [0.05, 0.1) is 13.2 Å². The number of carbonyl (C=O) groups excluding carboxylic acids is 1. The molecule has 0 N–H and O–H groups in total. The molecule has 4 heteroatoms. The van der Waals surface area contributed by atoms with Crippen LogP contribution in [0.15, 0.2) is 97.1 Å². The van der Waals surface area contributed by atoms with Crippen molar-refractivity contribution in [2.45, 2.75) is 20.0 Å². The summed E-state index contributed by atoms with van der Waals surface area (Å²) in [6.45, 7) is 3.07. The second kappa shape index (κ2) is 11.7. The summed E-state index contributed by atoms with van der Waals surface area (Å²) in [6, 6.07) is 30.4. The number of para-hydroxylation sites is 1. The van der Waals surface area contributed by atoms with Gasteiger partial charge in [-0.2, -0.15) is 0 Å². The second-order valence-electron chi connectivity index (χ2n) is 7.84. The van der Waals surface area contributed by atoms with Crippen molar-refractivity contribution >= 4 is 22.8 Å². The van der Waals surface area contributed by atoms with Crippen molar-refractivity contribution in [3.05, 3.63) is 114 Å². The fraction of sp³-hybridized carbons (Fsp3) is 0.167. The van der Waals surface area contributed by atoms with Crippen LogP contribution in [0.4, 0.5) is 0 Å². The van der Waals surface area contributed by atoms with Gasteiger partial charge in [-0.05, 0) is 53.1 Å². The van der Waals surface area contributed by atoms with Crippen LogP contribution in [0.25, 0.3) is 16.8 Å². The van der Waals surface area contributed by atoms with E-state index in [1.807, 2.05) is 60.7 Å².